The van der Waals surface area contributed by atoms with Crippen molar-refractivity contribution in [1.82, 2.24) is 15.5 Å². The predicted octanol–water partition coefficient (Wildman–Crippen LogP) is 2.35. The maximum Gasteiger partial charge on any atom is 0.228 e. The van der Waals surface area contributed by atoms with Crippen LogP contribution in [0.4, 0.5) is 0 Å². The van der Waals surface area contributed by atoms with Crippen LogP contribution < -0.4 is 10.1 Å². The van der Waals surface area contributed by atoms with Crippen molar-refractivity contribution in [2.24, 2.45) is 0 Å². The fraction of sp³-hybridized carbons (Fsp3) is 0.467. The van der Waals surface area contributed by atoms with Crippen LogP contribution in [0.15, 0.2) is 22.7 Å². The molecule has 0 amide bonds. The number of hydrogen-bond donors (Lipinski definition) is 1. The molecule has 2 heterocycles. The van der Waals surface area contributed by atoms with Crippen molar-refractivity contribution in [2.45, 2.75) is 32.2 Å². The first-order chi connectivity index (χ1) is 9.76. The van der Waals surface area contributed by atoms with E-state index in [4.69, 9.17) is 9.26 Å². The molecule has 5 heteroatoms. The van der Waals surface area contributed by atoms with E-state index >= 15 is 0 Å². The number of ether oxygens (including phenoxy) is 1. The van der Waals surface area contributed by atoms with Crippen LogP contribution in [0.1, 0.15) is 24.3 Å². The largest absolute Gasteiger partial charge is 0.496 e. The van der Waals surface area contributed by atoms with E-state index < -0.39 is 0 Å². The molecule has 1 aliphatic heterocycles. The Hall–Kier alpha value is -1.88. The number of benzene rings is 1. The molecule has 1 fully saturated rings. The molecule has 0 spiro atoms. The lowest BCUT2D eigenvalue weighted by Crippen LogP contribution is -2.23. The zero-order valence-corrected chi connectivity index (χ0v) is 11.8. The highest BCUT2D eigenvalue weighted by molar-refractivity contribution is 5.64. The van der Waals surface area contributed by atoms with Crippen LogP contribution in [0.25, 0.3) is 11.4 Å². The van der Waals surface area contributed by atoms with E-state index in [0.717, 1.165) is 29.8 Å². The summed E-state index contributed by atoms with van der Waals surface area (Å²) in [6.45, 7) is 3.11. The minimum atomic E-state index is 0.461. The molecule has 0 aliphatic carbocycles. The molecule has 20 heavy (non-hydrogen) atoms. The van der Waals surface area contributed by atoms with Gasteiger partial charge < -0.3 is 14.6 Å². The second-order valence-electron chi connectivity index (χ2n) is 5.21. The molecule has 1 N–H and O–H groups in total. The Morgan fingerprint density at radius 3 is 3.10 bits per heavy atom. The van der Waals surface area contributed by atoms with Gasteiger partial charge in [-0.2, -0.15) is 4.98 Å². The zero-order chi connectivity index (χ0) is 13.9. The lowest BCUT2D eigenvalue weighted by atomic mass is 10.1. The summed E-state index contributed by atoms with van der Waals surface area (Å²) in [4.78, 5) is 4.48. The molecule has 1 saturated heterocycles. The van der Waals surface area contributed by atoms with Crippen LogP contribution in [-0.4, -0.2) is 29.8 Å². The van der Waals surface area contributed by atoms with Crippen LogP contribution in [0.5, 0.6) is 5.75 Å². The first-order valence-corrected chi connectivity index (χ1v) is 6.97. The van der Waals surface area contributed by atoms with Crippen molar-refractivity contribution >= 4 is 0 Å². The van der Waals surface area contributed by atoms with E-state index in [1.165, 1.54) is 12.8 Å². The van der Waals surface area contributed by atoms with E-state index in [9.17, 15) is 0 Å². The van der Waals surface area contributed by atoms with Gasteiger partial charge in [-0.25, -0.2) is 0 Å². The monoisotopic (exact) mass is 273 g/mol. The fourth-order valence-corrected chi connectivity index (χ4v) is 2.57. The van der Waals surface area contributed by atoms with Gasteiger partial charge in [0.2, 0.25) is 11.7 Å². The predicted molar refractivity (Wildman–Crippen MR) is 75.8 cm³/mol. The second-order valence-corrected chi connectivity index (χ2v) is 5.21. The number of aromatic nitrogens is 2. The summed E-state index contributed by atoms with van der Waals surface area (Å²) in [6.07, 6.45) is 3.18. The Balaban J connectivity index is 1.82. The van der Waals surface area contributed by atoms with Crippen LogP contribution in [0.2, 0.25) is 0 Å². The molecular weight excluding hydrogens is 254 g/mol. The van der Waals surface area contributed by atoms with Crippen molar-refractivity contribution in [2.75, 3.05) is 13.7 Å². The number of hydrogen-bond acceptors (Lipinski definition) is 5. The summed E-state index contributed by atoms with van der Waals surface area (Å²) in [5, 5.41) is 7.50. The van der Waals surface area contributed by atoms with E-state index in [1.807, 2.05) is 25.1 Å². The van der Waals surface area contributed by atoms with Crippen molar-refractivity contribution in [3.63, 3.8) is 0 Å². The van der Waals surface area contributed by atoms with E-state index in [-0.39, 0.29) is 0 Å². The molecule has 2 aromatic rings. The first kappa shape index (κ1) is 13.1. The summed E-state index contributed by atoms with van der Waals surface area (Å²) in [6, 6.07) is 6.43. The third kappa shape index (κ3) is 2.67. The third-order valence-electron chi connectivity index (χ3n) is 3.65. The van der Waals surface area contributed by atoms with E-state index in [0.29, 0.717) is 17.8 Å². The van der Waals surface area contributed by atoms with Gasteiger partial charge in [0.05, 0.1) is 12.7 Å². The van der Waals surface area contributed by atoms with E-state index in [2.05, 4.69) is 15.5 Å². The summed E-state index contributed by atoms with van der Waals surface area (Å²) < 4.78 is 10.7. The molecule has 1 aromatic carbocycles. The zero-order valence-electron chi connectivity index (χ0n) is 11.8. The Morgan fingerprint density at radius 2 is 2.35 bits per heavy atom. The average Bonchev–Trinajstić information content (AvgIpc) is 3.11. The van der Waals surface area contributed by atoms with Gasteiger partial charge in [0.1, 0.15) is 5.75 Å². The summed E-state index contributed by atoms with van der Waals surface area (Å²) >= 11 is 0. The molecule has 3 rings (SSSR count). The number of aryl methyl sites for hydroxylation is 1. The topological polar surface area (TPSA) is 60.2 Å². The van der Waals surface area contributed by atoms with Crippen molar-refractivity contribution < 1.29 is 9.26 Å². The van der Waals surface area contributed by atoms with Gasteiger partial charge in [-0.3, -0.25) is 0 Å². The van der Waals surface area contributed by atoms with Crippen molar-refractivity contribution in [3.8, 4) is 17.1 Å². The normalized spacial score (nSPS) is 18.4. The molecule has 1 atom stereocenters. The Kier molecular flexibility index (Phi) is 3.69. The van der Waals surface area contributed by atoms with Gasteiger partial charge in [0.15, 0.2) is 0 Å². The summed E-state index contributed by atoms with van der Waals surface area (Å²) in [7, 11) is 1.65. The Bertz CT molecular complexity index is 589. The molecule has 1 aliphatic rings. The molecule has 106 valence electrons. The van der Waals surface area contributed by atoms with Crippen LogP contribution >= 0.6 is 0 Å². The van der Waals surface area contributed by atoms with Gasteiger partial charge in [0, 0.05) is 12.5 Å². The van der Waals surface area contributed by atoms with Crippen molar-refractivity contribution in [3.05, 3.63) is 29.7 Å². The van der Waals surface area contributed by atoms with Gasteiger partial charge >= 0.3 is 0 Å². The number of methoxy groups -OCH3 is 1. The Labute approximate surface area is 118 Å². The maximum atomic E-state index is 5.39. The van der Waals surface area contributed by atoms with Gasteiger partial charge in [-0.1, -0.05) is 11.2 Å². The van der Waals surface area contributed by atoms with Crippen molar-refractivity contribution in [1.29, 1.82) is 0 Å². The highest BCUT2D eigenvalue weighted by Gasteiger charge is 2.19. The highest BCUT2D eigenvalue weighted by Crippen LogP contribution is 2.28. The fourth-order valence-electron chi connectivity index (χ4n) is 2.57. The minimum absolute atomic E-state index is 0.461. The molecule has 0 saturated carbocycles. The highest BCUT2D eigenvalue weighted by atomic mass is 16.5. The number of rotatable bonds is 4. The second kappa shape index (κ2) is 5.63. The molecule has 1 unspecified atom stereocenters. The van der Waals surface area contributed by atoms with Crippen LogP contribution in [0.3, 0.4) is 0 Å². The molecule has 1 aromatic heterocycles. The lowest BCUT2D eigenvalue weighted by molar-refractivity contribution is 0.364. The van der Waals surface area contributed by atoms with Gasteiger partial charge in [-0.15, -0.1) is 0 Å². The maximum absolute atomic E-state index is 5.39. The van der Waals surface area contributed by atoms with Crippen LogP contribution in [0, 0.1) is 6.92 Å². The quantitative estimate of drug-likeness (QED) is 0.926. The third-order valence-corrected chi connectivity index (χ3v) is 3.65. The van der Waals surface area contributed by atoms with Gasteiger partial charge in [-0.05, 0) is 44.0 Å². The lowest BCUT2D eigenvalue weighted by Gasteiger charge is -2.06. The standard InChI is InChI=1S/C15H19N3O2/c1-10-5-6-12(13(8-10)19-2)15-17-14(20-18-15)9-11-4-3-7-16-11/h5-6,8,11,16H,3-4,7,9H2,1-2H3. The summed E-state index contributed by atoms with van der Waals surface area (Å²) in [5.74, 6) is 2.05. The molecule has 0 bridgehead atoms. The number of nitrogens with zero attached hydrogens (tertiary/aromatic N) is 2. The minimum Gasteiger partial charge on any atom is -0.496 e. The first-order valence-electron chi connectivity index (χ1n) is 6.97. The smallest absolute Gasteiger partial charge is 0.228 e. The van der Waals surface area contributed by atoms with Gasteiger partial charge in [0.25, 0.3) is 0 Å². The SMILES string of the molecule is COc1cc(C)ccc1-c1noc(CC2CCCN2)n1. The number of nitrogens with one attached hydrogen (secondary N) is 1. The molecule has 0 radical (unpaired) electrons. The molecular formula is C15H19N3O2. The summed E-state index contributed by atoms with van der Waals surface area (Å²) in [5.41, 5.74) is 2.01. The van der Waals surface area contributed by atoms with E-state index in [1.54, 1.807) is 7.11 Å². The van der Waals surface area contributed by atoms with Crippen LogP contribution in [-0.2, 0) is 6.42 Å². The molecule has 5 nitrogen and oxygen atoms in total. The Morgan fingerprint density at radius 1 is 1.45 bits per heavy atom. The average molecular weight is 273 g/mol.